The molecule has 1 atom stereocenters. The van der Waals surface area contributed by atoms with Crippen molar-refractivity contribution in [3.8, 4) is 11.3 Å². The standard InChI is InChI=1S/C24H25N3O2S/c1-24(2,3)29-23(28)27-19(13-17-15-30-21-12-8-7-11-18(17)21)22-25-14-20(26-22)16-9-5-4-6-10-16/h4-12,14-15,19H,13H2,1-3H3,(H,25,26)(H,27,28)/t19-/m1/s1. The lowest BCUT2D eigenvalue weighted by molar-refractivity contribution is 0.0501. The van der Waals surface area contributed by atoms with Crippen molar-refractivity contribution in [3.63, 3.8) is 0 Å². The molecule has 0 aliphatic carbocycles. The Bertz CT molecular complexity index is 1140. The average Bonchev–Trinajstić information content (AvgIpc) is 3.35. The Balaban J connectivity index is 1.63. The van der Waals surface area contributed by atoms with Crippen LogP contribution in [0.4, 0.5) is 4.79 Å². The van der Waals surface area contributed by atoms with E-state index >= 15 is 0 Å². The third kappa shape index (κ3) is 4.71. The van der Waals surface area contributed by atoms with Crippen molar-refractivity contribution < 1.29 is 9.53 Å². The molecule has 4 aromatic rings. The molecule has 5 nitrogen and oxygen atoms in total. The monoisotopic (exact) mass is 419 g/mol. The summed E-state index contributed by atoms with van der Waals surface area (Å²) in [5.41, 5.74) is 2.57. The smallest absolute Gasteiger partial charge is 0.408 e. The first-order valence-electron chi connectivity index (χ1n) is 9.94. The Morgan fingerprint density at radius 1 is 1.13 bits per heavy atom. The molecule has 0 spiro atoms. The summed E-state index contributed by atoms with van der Waals surface area (Å²) < 4.78 is 6.73. The number of nitrogens with one attached hydrogen (secondary N) is 2. The number of fused-ring (bicyclic) bond motifs is 1. The van der Waals surface area contributed by atoms with Crippen LogP contribution in [0.1, 0.15) is 38.2 Å². The van der Waals surface area contributed by atoms with Crippen molar-refractivity contribution in [1.82, 2.24) is 15.3 Å². The van der Waals surface area contributed by atoms with E-state index in [4.69, 9.17) is 4.74 Å². The molecule has 0 saturated heterocycles. The van der Waals surface area contributed by atoms with Crippen LogP contribution >= 0.6 is 11.3 Å². The molecule has 0 fully saturated rings. The number of hydrogen-bond donors (Lipinski definition) is 2. The van der Waals surface area contributed by atoms with Gasteiger partial charge in [-0.2, -0.15) is 0 Å². The summed E-state index contributed by atoms with van der Waals surface area (Å²) in [4.78, 5) is 20.5. The zero-order chi connectivity index (χ0) is 21.1. The number of alkyl carbamates (subject to hydrolysis) is 1. The molecule has 2 N–H and O–H groups in total. The van der Waals surface area contributed by atoms with E-state index in [0.717, 1.165) is 11.3 Å². The van der Waals surface area contributed by atoms with Crippen molar-refractivity contribution in [2.24, 2.45) is 0 Å². The van der Waals surface area contributed by atoms with Gasteiger partial charge in [-0.25, -0.2) is 9.78 Å². The summed E-state index contributed by atoms with van der Waals surface area (Å²) in [5, 5.41) is 6.36. The fraction of sp³-hybridized carbons (Fsp3) is 0.250. The van der Waals surface area contributed by atoms with Crippen LogP contribution in [0.3, 0.4) is 0 Å². The highest BCUT2D eigenvalue weighted by Gasteiger charge is 2.24. The average molecular weight is 420 g/mol. The Labute approximate surface area is 180 Å². The molecule has 6 heteroatoms. The maximum Gasteiger partial charge on any atom is 0.408 e. The van der Waals surface area contributed by atoms with Gasteiger partial charge in [-0.15, -0.1) is 11.3 Å². The predicted octanol–water partition coefficient (Wildman–Crippen LogP) is 6.10. The maximum atomic E-state index is 12.5. The number of thiophene rings is 1. The zero-order valence-electron chi connectivity index (χ0n) is 17.3. The number of amides is 1. The molecule has 30 heavy (non-hydrogen) atoms. The number of aromatic amines is 1. The number of ether oxygens (including phenoxy) is 1. The molecule has 2 heterocycles. The summed E-state index contributed by atoms with van der Waals surface area (Å²) in [6.07, 6.45) is 1.97. The molecule has 2 aromatic carbocycles. The summed E-state index contributed by atoms with van der Waals surface area (Å²) in [6.45, 7) is 5.57. The van der Waals surface area contributed by atoms with Gasteiger partial charge in [-0.3, -0.25) is 0 Å². The van der Waals surface area contributed by atoms with E-state index < -0.39 is 11.7 Å². The van der Waals surface area contributed by atoms with Crippen molar-refractivity contribution in [2.75, 3.05) is 0 Å². The van der Waals surface area contributed by atoms with Crippen LogP contribution < -0.4 is 5.32 Å². The number of carbonyl (C=O) groups excluding carboxylic acids is 1. The first kappa shape index (κ1) is 20.2. The van der Waals surface area contributed by atoms with Crippen LogP contribution in [0.5, 0.6) is 0 Å². The Morgan fingerprint density at radius 2 is 1.87 bits per heavy atom. The van der Waals surface area contributed by atoms with Crippen LogP contribution in [-0.4, -0.2) is 21.7 Å². The minimum Gasteiger partial charge on any atom is -0.444 e. The summed E-state index contributed by atoms with van der Waals surface area (Å²) in [5.74, 6) is 0.704. The van der Waals surface area contributed by atoms with Crippen LogP contribution in [0.2, 0.25) is 0 Å². The Morgan fingerprint density at radius 3 is 2.63 bits per heavy atom. The van der Waals surface area contributed by atoms with Gasteiger partial charge < -0.3 is 15.0 Å². The largest absolute Gasteiger partial charge is 0.444 e. The van der Waals surface area contributed by atoms with Gasteiger partial charge >= 0.3 is 6.09 Å². The van der Waals surface area contributed by atoms with Crippen LogP contribution in [0.15, 0.2) is 66.2 Å². The van der Waals surface area contributed by atoms with Crippen molar-refractivity contribution in [2.45, 2.75) is 38.8 Å². The molecule has 0 bridgehead atoms. The second-order valence-corrected chi connectivity index (χ2v) is 9.12. The van der Waals surface area contributed by atoms with Gasteiger partial charge in [0, 0.05) is 11.1 Å². The molecule has 0 saturated carbocycles. The van der Waals surface area contributed by atoms with Gasteiger partial charge in [0.1, 0.15) is 11.4 Å². The first-order valence-corrected chi connectivity index (χ1v) is 10.8. The van der Waals surface area contributed by atoms with E-state index in [-0.39, 0.29) is 6.04 Å². The molecule has 0 aliphatic rings. The number of imidazole rings is 1. The summed E-state index contributed by atoms with van der Waals surface area (Å²) >= 11 is 1.71. The molecule has 1 amide bonds. The van der Waals surface area contributed by atoms with E-state index in [0.29, 0.717) is 12.2 Å². The van der Waals surface area contributed by atoms with Gasteiger partial charge in [0.2, 0.25) is 0 Å². The third-order valence-corrected chi connectivity index (χ3v) is 5.70. The number of H-pyrrole nitrogens is 1. The minimum absolute atomic E-state index is 0.338. The quantitative estimate of drug-likeness (QED) is 0.411. The topological polar surface area (TPSA) is 67.0 Å². The minimum atomic E-state index is -0.567. The fourth-order valence-corrected chi connectivity index (χ4v) is 4.33. The highest BCUT2D eigenvalue weighted by Crippen LogP contribution is 2.30. The number of hydrogen-bond acceptors (Lipinski definition) is 4. The first-order chi connectivity index (χ1) is 14.4. The Kier molecular flexibility index (Phi) is 5.59. The van der Waals surface area contributed by atoms with Crippen molar-refractivity contribution in [1.29, 1.82) is 0 Å². The van der Waals surface area contributed by atoms with Crippen LogP contribution in [-0.2, 0) is 11.2 Å². The lowest BCUT2D eigenvalue weighted by atomic mass is 10.0. The number of nitrogens with zero attached hydrogens (tertiary/aromatic N) is 1. The Hall–Kier alpha value is -3.12. The lowest BCUT2D eigenvalue weighted by Crippen LogP contribution is -2.36. The fourth-order valence-electron chi connectivity index (χ4n) is 3.35. The van der Waals surface area contributed by atoms with Gasteiger partial charge in [-0.05, 0) is 48.7 Å². The molecule has 0 radical (unpaired) electrons. The van der Waals surface area contributed by atoms with Crippen molar-refractivity contribution in [3.05, 3.63) is 77.6 Å². The van der Waals surface area contributed by atoms with Crippen LogP contribution in [0, 0.1) is 0 Å². The molecule has 154 valence electrons. The van der Waals surface area contributed by atoms with Gasteiger partial charge in [0.15, 0.2) is 0 Å². The number of rotatable bonds is 5. The number of benzene rings is 2. The van der Waals surface area contributed by atoms with E-state index in [1.54, 1.807) is 17.5 Å². The van der Waals surface area contributed by atoms with E-state index in [1.165, 1.54) is 15.6 Å². The zero-order valence-corrected chi connectivity index (χ0v) is 18.1. The summed E-state index contributed by atoms with van der Waals surface area (Å²) in [7, 11) is 0. The predicted molar refractivity (Wildman–Crippen MR) is 122 cm³/mol. The lowest BCUT2D eigenvalue weighted by Gasteiger charge is -2.23. The second kappa shape index (κ2) is 8.32. The van der Waals surface area contributed by atoms with E-state index in [9.17, 15) is 4.79 Å². The number of aromatic nitrogens is 2. The maximum absolute atomic E-state index is 12.5. The van der Waals surface area contributed by atoms with Gasteiger partial charge in [-0.1, -0.05) is 48.5 Å². The molecule has 0 unspecified atom stereocenters. The molecule has 4 rings (SSSR count). The normalized spacial score (nSPS) is 12.6. The third-order valence-electron chi connectivity index (χ3n) is 4.69. The molecular formula is C24H25N3O2S. The van der Waals surface area contributed by atoms with Crippen LogP contribution in [0.25, 0.3) is 21.3 Å². The van der Waals surface area contributed by atoms with Crippen molar-refractivity contribution >= 4 is 27.5 Å². The number of carbonyl (C=O) groups is 1. The van der Waals surface area contributed by atoms with Gasteiger partial charge in [0.05, 0.1) is 17.9 Å². The summed E-state index contributed by atoms with van der Waals surface area (Å²) in [6, 6.07) is 18.0. The molecule has 0 aliphatic heterocycles. The van der Waals surface area contributed by atoms with Gasteiger partial charge in [0.25, 0.3) is 0 Å². The second-order valence-electron chi connectivity index (χ2n) is 8.21. The SMILES string of the molecule is CC(C)(C)OC(=O)N[C@H](Cc1csc2ccccc12)c1ncc(-c2ccccc2)[nH]1. The molecule has 2 aromatic heterocycles. The molecular weight excluding hydrogens is 394 g/mol. The highest BCUT2D eigenvalue weighted by atomic mass is 32.1. The van der Waals surface area contributed by atoms with E-state index in [2.05, 4.69) is 32.8 Å². The van der Waals surface area contributed by atoms with E-state index in [1.807, 2.05) is 63.2 Å². The highest BCUT2D eigenvalue weighted by molar-refractivity contribution is 7.17.